The SMILES string of the molecule is Cc1ccc(CNC(=O)C2CC3CC3C2)o1. The molecule has 1 aromatic heterocycles. The van der Waals surface area contributed by atoms with Crippen LogP contribution in [0.25, 0.3) is 0 Å². The van der Waals surface area contributed by atoms with Crippen LogP contribution in [-0.4, -0.2) is 5.91 Å². The molecule has 2 saturated carbocycles. The minimum absolute atomic E-state index is 0.209. The van der Waals surface area contributed by atoms with Crippen LogP contribution in [-0.2, 0) is 11.3 Å². The van der Waals surface area contributed by atoms with Gasteiger partial charge in [0.2, 0.25) is 5.91 Å². The van der Waals surface area contributed by atoms with Gasteiger partial charge in [-0.15, -0.1) is 0 Å². The van der Waals surface area contributed by atoms with Crippen LogP contribution >= 0.6 is 0 Å². The molecule has 2 fully saturated rings. The number of hydrogen-bond donors (Lipinski definition) is 1. The molecule has 3 rings (SSSR count). The summed E-state index contributed by atoms with van der Waals surface area (Å²) in [6.45, 7) is 2.44. The van der Waals surface area contributed by atoms with Gasteiger partial charge in [-0.1, -0.05) is 0 Å². The van der Waals surface area contributed by atoms with E-state index in [-0.39, 0.29) is 11.8 Å². The highest BCUT2D eigenvalue weighted by Crippen LogP contribution is 2.54. The van der Waals surface area contributed by atoms with E-state index < -0.39 is 0 Å². The molecule has 1 aromatic rings. The Bertz CT molecular complexity index is 400. The van der Waals surface area contributed by atoms with E-state index in [2.05, 4.69) is 5.32 Å². The van der Waals surface area contributed by atoms with Crippen LogP contribution in [0, 0.1) is 24.7 Å². The Morgan fingerprint density at radius 1 is 1.38 bits per heavy atom. The molecule has 2 aliphatic carbocycles. The molecular weight excluding hydrogens is 202 g/mol. The van der Waals surface area contributed by atoms with Gasteiger partial charge >= 0.3 is 0 Å². The van der Waals surface area contributed by atoms with Crippen molar-refractivity contribution in [2.75, 3.05) is 0 Å². The normalized spacial score (nSPS) is 31.2. The number of nitrogens with one attached hydrogen (secondary N) is 1. The molecule has 2 unspecified atom stereocenters. The lowest BCUT2D eigenvalue weighted by Gasteiger charge is -2.11. The van der Waals surface area contributed by atoms with Crippen molar-refractivity contribution in [3.05, 3.63) is 23.7 Å². The van der Waals surface area contributed by atoms with Crippen LogP contribution in [0.1, 0.15) is 30.8 Å². The molecule has 0 radical (unpaired) electrons. The largest absolute Gasteiger partial charge is 0.465 e. The molecule has 2 atom stereocenters. The molecule has 0 aromatic carbocycles. The summed E-state index contributed by atoms with van der Waals surface area (Å²) >= 11 is 0. The molecule has 0 bridgehead atoms. The van der Waals surface area contributed by atoms with Gasteiger partial charge < -0.3 is 9.73 Å². The zero-order valence-corrected chi connectivity index (χ0v) is 9.53. The first-order valence-corrected chi connectivity index (χ1v) is 6.05. The summed E-state index contributed by atoms with van der Waals surface area (Å²) < 4.78 is 5.41. The fourth-order valence-electron chi connectivity index (χ4n) is 2.83. The smallest absolute Gasteiger partial charge is 0.223 e. The molecule has 1 N–H and O–H groups in total. The first kappa shape index (κ1) is 9.94. The maximum Gasteiger partial charge on any atom is 0.223 e. The van der Waals surface area contributed by atoms with Crippen molar-refractivity contribution in [1.82, 2.24) is 5.32 Å². The molecule has 0 spiro atoms. The summed E-state index contributed by atoms with van der Waals surface area (Å²) in [5.41, 5.74) is 0. The Kier molecular flexibility index (Phi) is 2.27. The van der Waals surface area contributed by atoms with E-state index in [1.807, 2.05) is 19.1 Å². The van der Waals surface area contributed by atoms with Gasteiger partial charge in [0.1, 0.15) is 11.5 Å². The maximum absolute atomic E-state index is 11.8. The van der Waals surface area contributed by atoms with Crippen molar-refractivity contribution in [1.29, 1.82) is 0 Å². The second kappa shape index (κ2) is 3.65. The second-order valence-corrected chi connectivity index (χ2v) is 5.15. The van der Waals surface area contributed by atoms with Crippen LogP contribution < -0.4 is 5.32 Å². The average molecular weight is 219 g/mol. The van der Waals surface area contributed by atoms with E-state index >= 15 is 0 Å². The van der Waals surface area contributed by atoms with Crippen molar-refractivity contribution < 1.29 is 9.21 Å². The monoisotopic (exact) mass is 219 g/mol. The van der Waals surface area contributed by atoms with E-state index in [4.69, 9.17) is 4.42 Å². The Morgan fingerprint density at radius 3 is 2.75 bits per heavy atom. The number of furan rings is 1. The molecule has 2 aliphatic rings. The summed E-state index contributed by atoms with van der Waals surface area (Å²) in [6.07, 6.45) is 3.57. The third-order valence-corrected chi connectivity index (χ3v) is 3.85. The maximum atomic E-state index is 11.8. The minimum Gasteiger partial charge on any atom is -0.465 e. The molecule has 16 heavy (non-hydrogen) atoms. The highest BCUT2D eigenvalue weighted by Gasteiger charge is 2.47. The molecule has 1 heterocycles. The molecular formula is C13H17NO2. The topological polar surface area (TPSA) is 42.2 Å². The van der Waals surface area contributed by atoms with Crippen LogP contribution in [0.5, 0.6) is 0 Å². The van der Waals surface area contributed by atoms with E-state index in [1.165, 1.54) is 6.42 Å². The number of amides is 1. The lowest BCUT2D eigenvalue weighted by Crippen LogP contribution is -2.29. The Hall–Kier alpha value is -1.25. The van der Waals surface area contributed by atoms with Gasteiger partial charge in [-0.2, -0.15) is 0 Å². The summed E-state index contributed by atoms with van der Waals surface area (Å²) in [7, 11) is 0. The molecule has 0 saturated heterocycles. The summed E-state index contributed by atoms with van der Waals surface area (Å²) in [5, 5.41) is 2.96. The predicted molar refractivity (Wildman–Crippen MR) is 59.6 cm³/mol. The Balaban J connectivity index is 1.49. The van der Waals surface area contributed by atoms with Crippen LogP contribution in [0.15, 0.2) is 16.5 Å². The fourth-order valence-corrected chi connectivity index (χ4v) is 2.83. The summed E-state index contributed by atoms with van der Waals surface area (Å²) in [4.78, 5) is 11.8. The number of hydrogen-bond acceptors (Lipinski definition) is 2. The molecule has 0 aliphatic heterocycles. The van der Waals surface area contributed by atoms with Gasteiger partial charge in [0.15, 0.2) is 0 Å². The standard InChI is InChI=1S/C13H17NO2/c1-8-2-3-12(16-8)7-14-13(15)11-5-9-4-10(9)6-11/h2-3,9-11H,4-7H2,1H3,(H,14,15). The first-order chi connectivity index (χ1) is 7.72. The number of rotatable bonds is 3. The summed E-state index contributed by atoms with van der Waals surface area (Å²) in [5.74, 6) is 3.93. The predicted octanol–water partition coefficient (Wildman–Crippen LogP) is 2.25. The van der Waals surface area contributed by atoms with Crippen molar-refractivity contribution in [2.45, 2.75) is 32.7 Å². The number of fused-ring (bicyclic) bond motifs is 1. The lowest BCUT2D eigenvalue weighted by atomic mass is 10.0. The average Bonchev–Trinajstić information content (AvgIpc) is 2.71. The Morgan fingerprint density at radius 2 is 2.12 bits per heavy atom. The van der Waals surface area contributed by atoms with E-state index in [1.54, 1.807) is 0 Å². The fraction of sp³-hybridized carbons (Fsp3) is 0.615. The van der Waals surface area contributed by atoms with E-state index in [0.29, 0.717) is 6.54 Å². The highest BCUT2D eigenvalue weighted by molar-refractivity contribution is 5.79. The minimum atomic E-state index is 0.209. The zero-order valence-electron chi connectivity index (χ0n) is 9.53. The Labute approximate surface area is 95.2 Å². The molecule has 3 heteroatoms. The third kappa shape index (κ3) is 1.86. The molecule has 1 amide bonds. The van der Waals surface area contributed by atoms with Crippen molar-refractivity contribution in [3.63, 3.8) is 0 Å². The lowest BCUT2D eigenvalue weighted by molar-refractivity contribution is -0.125. The van der Waals surface area contributed by atoms with Crippen LogP contribution in [0.3, 0.4) is 0 Å². The van der Waals surface area contributed by atoms with Gasteiger partial charge in [-0.25, -0.2) is 0 Å². The quantitative estimate of drug-likeness (QED) is 0.847. The van der Waals surface area contributed by atoms with E-state index in [9.17, 15) is 4.79 Å². The van der Waals surface area contributed by atoms with Crippen molar-refractivity contribution >= 4 is 5.91 Å². The number of carbonyl (C=O) groups excluding carboxylic acids is 1. The van der Waals surface area contributed by atoms with Gasteiger partial charge in [0, 0.05) is 5.92 Å². The zero-order chi connectivity index (χ0) is 11.1. The third-order valence-electron chi connectivity index (χ3n) is 3.85. The first-order valence-electron chi connectivity index (χ1n) is 6.05. The second-order valence-electron chi connectivity index (χ2n) is 5.15. The van der Waals surface area contributed by atoms with Crippen LogP contribution in [0.4, 0.5) is 0 Å². The van der Waals surface area contributed by atoms with Gasteiger partial charge in [0.25, 0.3) is 0 Å². The van der Waals surface area contributed by atoms with Gasteiger partial charge in [0.05, 0.1) is 6.54 Å². The molecule has 86 valence electrons. The van der Waals surface area contributed by atoms with Gasteiger partial charge in [-0.3, -0.25) is 4.79 Å². The molecule has 3 nitrogen and oxygen atoms in total. The van der Waals surface area contributed by atoms with Gasteiger partial charge in [-0.05, 0) is 50.2 Å². The highest BCUT2D eigenvalue weighted by atomic mass is 16.3. The van der Waals surface area contributed by atoms with E-state index in [0.717, 1.165) is 36.2 Å². The summed E-state index contributed by atoms with van der Waals surface area (Å²) in [6, 6.07) is 3.84. The van der Waals surface area contributed by atoms with Crippen molar-refractivity contribution in [3.8, 4) is 0 Å². The van der Waals surface area contributed by atoms with Crippen LogP contribution in [0.2, 0.25) is 0 Å². The number of aryl methyl sites for hydroxylation is 1. The number of carbonyl (C=O) groups is 1. The van der Waals surface area contributed by atoms with Crippen molar-refractivity contribution in [2.24, 2.45) is 17.8 Å².